The molecule has 0 aliphatic carbocycles. The first-order valence-electron chi connectivity index (χ1n) is 4.07. The fourth-order valence-corrected chi connectivity index (χ4v) is 1.59. The molecule has 0 fully saturated rings. The van der Waals surface area contributed by atoms with Crippen molar-refractivity contribution in [2.45, 2.75) is 19.4 Å². The van der Waals surface area contributed by atoms with Crippen molar-refractivity contribution in [2.75, 3.05) is 6.61 Å². The third kappa shape index (κ3) is 1.16. The van der Waals surface area contributed by atoms with Crippen molar-refractivity contribution < 1.29 is 4.74 Å². The van der Waals surface area contributed by atoms with Crippen LogP contribution in [-0.2, 0) is 11.2 Å². The number of ether oxygens (including phenoxy) is 1. The molecule has 0 unspecified atom stereocenters. The molecule has 0 saturated carbocycles. The zero-order chi connectivity index (χ0) is 7.68. The molecule has 0 spiro atoms. The maximum Gasteiger partial charge on any atom is 0.0799 e. The SMILES string of the molecule is C[C@H]1OCCc2ccccc21. The molecule has 0 saturated heterocycles. The van der Waals surface area contributed by atoms with Crippen LogP contribution in [0.25, 0.3) is 0 Å². The van der Waals surface area contributed by atoms with E-state index in [-0.39, 0.29) is 0 Å². The average Bonchev–Trinajstić information content (AvgIpc) is 2.06. The van der Waals surface area contributed by atoms with E-state index < -0.39 is 0 Å². The number of hydrogen-bond acceptors (Lipinski definition) is 1. The lowest BCUT2D eigenvalue weighted by atomic mass is 9.99. The Bertz CT molecular complexity index is 255. The highest BCUT2D eigenvalue weighted by Crippen LogP contribution is 2.25. The standard InChI is InChI=1S/C10H12O/c1-8-10-5-3-2-4-9(10)6-7-11-8/h2-5,8H,6-7H2,1H3/t8-/m1/s1. The lowest BCUT2D eigenvalue weighted by Crippen LogP contribution is -2.13. The molecule has 11 heavy (non-hydrogen) atoms. The number of fused-ring (bicyclic) bond motifs is 1. The van der Waals surface area contributed by atoms with Gasteiger partial charge in [0.25, 0.3) is 0 Å². The molecule has 0 radical (unpaired) electrons. The Morgan fingerprint density at radius 1 is 1.36 bits per heavy atom. The molecule has 1 heterocycles. The van der Waals surface area contributed by atoms with Crippen LogP contribution < -0.4 is 0 Å². The van der Waals surface area contributed by atoms with E-state index in [4.69, 9.17) is 4.74 Å². The van der Waals surface area contributed by atoms with Gasteiger partial charge in [-0.15, -0.1) is 0 Å². The maximum atomic E-state index is 5.50. The van der Waals surface area contributed by atoms with Crippen LogP contribution in [-0.4, -0.2) is 6.61 Å². The Kier molecular flexibility index (Phi) is 1.66. The van der Waals surface area contributed by atoms with Crippen LogP contribution in [0.4, 0.5) is 0 Å². The van der Waals surface area contributed by atoms with Crippen LogP contribution in [0.2, 0.25) is 0 Å². The van der Waals surface area contributed by atoms with E-state index in [0.717, 1.165) is 13.0 Å². The van der Waals surface area contributed by atoms with Gasteiger partial charge in [0.15, 0.2) is 0 Å². The van der Waals surface area contributed by atoms with E-state index in [1.54, 1.807) is 0 Å². The first kappa shape index (κ1) is 6.86. The molecule has 1 atom stereocenters. The molecule has 0 N–H and O–H groups in total. The summed E-state index contributed by atoms with van der Waals surface area (Å²) in [6.45, 7) is 2.98. The third-order valence-electron chi connectivity index (χ3n) is 2.23. The van der Waals surface area contributed by atoms with E-state index in [1.165, 1.54) is 11.1 Å². The van der Waals surface area contributed by atoms with Crippen molar-refractivity contribution in [3.05, 3.63) is 35.4 Å². The van der Waals surface area contributed by atoms with Gasteiger partial charge in [-0.25, -0.2) is 0 Å². The molecule has 1 nitrogen and oxygen atoms in total. The summed E-state index contributed by atoms with van der Waals surface area (Å²) in [5, 5.41) is 0. The average molecular weight is 148 g/mol. The summed E-state index contributed by atoms with van der Waals surface area (Å²) >= 11 is 0. The minimum absolute atomic E-state index is 0.292. The van der Waals surface area contributed by atoms with E-state index in [9.17, 15) is 0 Å². The van der Waals surface area contributed by atoms with Gasteiger partial charge in [-0.05, 0) is 24.5 Å². The first-order valence-corrected chi connectivity index (χ1v) is 4.07. The predicted molar refractivity (Wildman–Crippen MR) is 44.5 cm³/mol. The van der Waals surface area contributed by atoms with Crippen molar-refractivity contribution in [1.82, 2.24) is 0 Å². The van der Waals surface area contributed by atoms with Gasteiger partial charge in [0.05, 0.1) is 12.7 Å². The van der Waals surface area contributed by atoms with Gasteiger partial charge in [0.2, 0.25) is 0 Å². The highest BCUT2D eigenvalue weighted by molar-refractivity contribution is 5.30. The first-order chi connectivity index (χ1) is 5.38. The molecular formula is C10H12O. The second-order valence-electron chi connectivity index (χ2n) is 2.96. The lowest BCUT2D eigenvalue weighted by Gasteiger charge is -2.22. The zero-order valence-electron chi connectivity index (χ0n) is 6.71. The van der Waals surface area contributed by atoms with Crippen LogP contribution in [0.15, 0.2) is 24.3 Å². The Hall–Kier alpha value is -0.820. The van der Waals surface area contributed by atoms with Gasteiger partial charge in [0, 0.05) is 0 Å². The third-order valence-corrected chi connectivity index (χ3v) is 2.23. The summed E-state index contributed by atoms with van der Waals surface area (Å²) in [5.74, 6) is 0. The zero-order valence-corrected chi connectivity index (χ0v) is 6.71. The fraction of sp³-hybridized carbons (Fsp3) is 0.400. The van der Waals surface area contributed by atoms with Crippen LogP contribution in [0.3, 0.4) is 0 Å². The maximum absolute atomic E-state index is 5.50. The quantitative estimate of drug-likeness (QED) is 0.548. The Morgan fingerprint density at radius 3 is 3.00 bits per heavy atom. The molecule has 0 bridgehead atoms. The van der Waals surface area contributed by atoms with Crippen molar-refractivity contribution in [1.29, 1.82) is 0 Å². The summed E-state index contributed by atoms with van der Waals surface area (Å²) in [4.78, 5) is 0. The van der Waals surface area contributed by atoms with Gasteiger partial charge in [-0.2, -0.15) is 0 Å². The smallest absolute Gasteiger partial charge is 0.0799 e. The minimum Gasteiger partial charge on any atom is -0.373 e. The Labute approximate surface area is 67.0 Å². The second kappa shape index (κ2) is 2.67. The van der Waals surface area contributed by atoms with Gasteiger partial charge in [-0.1, -0.05) is 24.3 Å². The number of hydrogen-bond donors (Lipinski definition) is 0. The summed E-state index contributed by atoms with van der Waals surface area (Å²) < 4.78 is 5.50. The van der Waals surface area contributed by atoms with E-state index >= 15 is 0 Å². The van der Waals surface area contributed by atoms with Gasteiger partial charge in [0.1, 0.15) is 0 Å². The largest absolute Gasteiger partial charge is 0.373 e. The molecule has 0 amide bonds. The summed E-state index contributed by atoms with van der Waals surface area (Å²) in [7, 11) is 0. The number of benzene rings is 1. The van der Waals surface area contributed by atoms with E-state index in [2.05, 4.69) is 31.2 Å². The molecule has 1 aliphatic rings. The van der Waals surface area contributed by atoms with Crippen LogP contribution in [0.5, 0.6) is 0 Å². The van der Waals surface area contributed by atoms with Crippen LogP contribution in [0, 0.1) is 0 Å². The highest BCUT2D eigenvalue weighted by atomic mass is 16.5. The topological polar surface area (TPSA) is 9.23 Å². The molecule has 58 valence electrons. The lowest BCUT2D eigenvalue weighted by molar-refractivity contribution is 0.0555. The Morgan fingerprint density at radius 2 is 2.18 bits per heavy atom. The molecule has 0 aromatic heterocycles. The molecule has 2 rings (SSSR count). The van der Waals surface area contributed by atoms with E-state index in [1.807, 2.05) is 0 Å². The molecule has 1 heteroatoms. The van der Waals surface area contributed by atoms with E-state index in [0.29, 0.717) is 6.10 Å². The van der Waals surface area contributed by atoms with Gasteiger partial charge >= 0.3 is 0 Å². The summed E-state index contributed by atoms with van der Waals surface area (Å²) in [6.07, 6.45) is 1.36. The second-order valence-corrected chi connectivity index (χ2v) is 2.96. The molecular weight excluding hydrogens is 136 g/mol. The van der Waals surface area contributed by atoms with Crippen molar-refractivity contribution in [3.8, 4) is 0 Å². The highest BCUT2D eigenvalue weighted by Gasteiger charge is 2.14. The van der Waals surface area contributed by atoms with Crippen LogP contribution in [0.1, 0.15) is 24.2 Å². The van der Waals surface area contributed by atoms with Gasteiger partial charge < -0.3 is 4.74 Å². The Balaban J connectivity index is 2.44. The molecule has 1 aromatic carbocycles. The fourth-order valence-electron chi connectivity index (χ4n) is 1.59. The van der Waals surface area contributed by atoms with Crippen molar-refractivity contribution in [3.63, 3.8) is 0 Å². The van der Waals surface area contributed by atoms with Crippen molar-refractivity contribution in [2.24, 2.45) is 0 Å². The van der Waals surface area contributed by atoms with Crippen molar-refractivity contribution >= 4 is 0 Å². The normalized spacial score (nSPS) is 22.8. The molecule has 1 aromatic rings. The number of rotatable bonds is 0. The van der Waals surface area contributed by atoms with Gasteiger partial charge in [-0.3, -0.25) is 0 Å². The monoisotopic (exact) mass is 148 g/mol. The minimum atomic E-state index is 0.292. The molecule has 1 aliphatic heterocycles. The summed E-state index contributed by atoms with van der Waals surface area (Å²) in [5.41, 5.74) is 2.81. The van der Waals surface area contributed by atoms with Crippen LogP contribution >= 0.6 is 0 Å². The predicted octanol–water partition coefficient (Wildman–Crippen LogP) is 2.32. The summed E-state index contributed by atoms with van der Waals surface area (Å²) in [6, 6.07) is 8.51.